The first-order chi connectivity index (χ1) is 15.0. The van der Waals surface area contributed by atoms with Crippen molar-refractivity contribution in [2.24, 2.45) is 4.99 Å². The van der Waals surface area contributed by atoms with Gasteiger partial charge in [-0.2, -0.15) is 0 Å². The summed E-state index contributed by atoms with van der Waals surface area (Å²) in [4.78, 5) is 32.0. The molecular weight excluding hydrogens is 410 g/mol. The maximum absolute atomic E-state index is 13.1. The lowest BCUT2D eigenvalue weighted by molar-refractivity contribution is -0.127. The molecule has 0 spiro atoms. The fourth-order valence-electron chi connectivity index (χ4n) is 3.62. The fraction of sp³-hybridized carbons (Fsp3) is 0.160. The predicted molar refractivity (Wildman–Crippen MR) is 124 cm³/mol. The molecule has 3 aromatic rings. The number of carbonyl (C=O) groups excluding carboxylic acids is 2. The van der Waals surface area contributed by atoms with Crippen LogP contribution < -0.4 is 10.2 Å². The second-order valence-electron chi connectivity index (χ2n) is 7.36. The van der Waals surface area contributed by atoms with Gasteiger partial charge >= 0.3 is 0 Å². The van der Waals surface area contributed by atoms with Crippen molar-refractivity contribution < 1.29 is 9.59 Å². The number of nitrogens with one attached hydrogen (secondary N) is 1. The summed E-state index contributed by atoms with van der Waals surface area (Å²) in [6.45, 7) is 0. The lowest BCUT2D eigenvalue weighted by Crippen LogP contribution is -2.46. The van der Waals surface area contributed by atoms with Gasteiger partial charge in [-0.15, -0.1) is 0 Å². The zero-order valence-corrected chi connectivity index (χ0v) is 17.8. The molecule has 0 saturated carbocycles. The van der Waals surface area contributed by atoms with Crippen LogP contribution in [0.25, 0.3) is 0 Å². The van der Waals surface area contributed by atoms with Gasteiger partial charge in [0.2, 0.25) is 12.1 Å². The van der Waals surface area contributed by atoms with Gasteiger partial charge in [-0.25, -0.2) is 4.99 Å². The summed E-state index contributed by atoms with van der Waals surface area (Å²) < 4.78 is 0. The smallest absolute Gasteiger partial charge is 0.272 e. The van der Waals surface area contributed by atoms with Crippen LogP contribution in [0.15, 0.2) is 83.9 Å². The van der Waals surface area contributed by atoms with Gasteiger partial charge in [0.05, 0.1) is 11.4 Å². The monoisotopic (exact) mass is 431 g/mol. The molecule has 0 aliphatic carbocycles. The van der Waals surface area contributed by atoms with E-state index < -0.39 is 6.17 Å². The van der Waals surface area contributed by atoms with Gasteiger partial charge < -0.3 is 10.2 Å². The van der Waals surface area contributed by atoms with E-state index in [0.717, 1.165) is 22.4 Å². The summed E-state index contributed by atoms with van der Waals surface area (Å²) in [5.74, 6) is -0.525. The third kappa shape index (κ3) is 4.67. The van der Waals surface area contributed by atoms with Gasteiger partial charge in [-0.1, -0.05) is 72.3 Å². The highest BCUT2D eigenvalue weighted by Gasteiger charge is 2.30. The van der Waals surface area contributed by atoms with Crippen molar-refractivity contribution in [1.29, 1.82) is 0 Å². The number of benzodiazepines with no additional fused rings is 1. The number of hydrogen-bond donors (Lipinski definition) is 1. The Labute approximate surface area is 186 Å². The molecule has 3 aromatic carbocycles. The van der Waals surface area contributed by atoms with Crippen molar-refractivity contribution in [3.63, 3.8) is 0 Å². The van der Waals surface area contributed by atoms with Gasteiger partial charge in [0.15, 0.2) is 0 Å². The van der Waals surface area contributed by atoms with E-state index in [0.29, 0.717) is 17.2 Å². The zero-order valence-electron chi connectivity index (χ0n) is 17.1. The first-order valence-corrected chi connectivity index (χ1v) is 10.4. The summed E-state index contributed by atoms with van der Waals surface area (Å²) in [5, 5.41) is 3.44. The van der Waals surface area contributed by atoms with Crippen LogP contribution in [-0.4, -0.2) is 30.7 Å². The number of anilines is 1. The first kappa shape index (κ1) is 20.8. The van der Waals surface area contributed by atoms with E-state index in [1.807, 2.05) is 72.8 Å². The number of aliphatic imine (C=N–C) groups is 1. The van der Waals surface area contributed by atoms with Crippen LogP contribution in [0.2, 0.25) is 5.02 Å². The number of hydrogen-bond acceptors (Lipinski definition) is 3. The number of aryl methyl sites for hydroxylation is 1. The van der Waals surface area contributed by atoms with E-state index in [-0.39, 0.29) is 18.2 Å². The summed E-state index contributed by atoms with van der Waals surface area (Å²) in [6, 6.07) is 24.7. The standard InChI is InChI=1S/C25H22ClN3O2/c1-29-21-13-6-5-12-20(21)23(18-9-3-2-4-10-18)28-24(25(29)31)27-22(30)15-14-17-8-7-11-19(26)16-17/h2-13,16,24H,14-15H2,1H3,(H,27,30)/t24-/m1/s1. The van der Waals surface area contributed by atoms with Crippen LogP contribution in [0.5, 0.6) is 0 Å². The largest absolute Gasteiger partial charge is 0.327 e. The molecule has 156 valence electrons. The molecule has 1 aliphatic heterocycles. The van der Waals surface area contributed by atoms with E-state index in [2.05, 4.69) is 5.32 Å². The molecule has 6 heteroatoms. The Bertz CT molecular complexity index is 1140. The number of carbonyl (C=O) groups is 2. The van der Waals surface area contributed by atoms with Crippen molar-refractivity contribution in [2.45, 2.75) is 19.0 Å². The Hall–Kier alpha value is -3.44. The quantitative estimate of drug-likeness (QED) is 0.657. The molecule has 1 atom stereocenters. The average molecular weight is 432 g/mol. The van der Waals surface area contributed by atoms with Gasteiger partial charge in [0.25, 0.3) is 5.91 Å². The summed E-state index contributed by atoms with van der Waals surface area (Å²) in [7, 11) is 1.70. The number of para-hydroxylation sites is 1. The molecule has 0 saturated heterocycles. The third-order valence-electron chi connectivity index (χ3n) is 5.22. The second-order valence-corrected chi connectivity index (χ2v) is 7.79. The van der Waals surface area contributed by atoms with Crippen LogP contribution in [0, 0.1) is 0 Å². The SMILES string of the molecule is CN1C(=O)[C@H](NC(=O)CCc2cccc(Cl)c2)N=C(c2ccccc2)c2ccccc21. The van der Waals surface area contributed by atoms with E-state index in [1.165, 1.54) is 0 Å². The minimum absolute atomic E-state index is 0.233. The molecule has 0 fully saturated rings. The number of amides is 2. The predicted octanol–water partition coefficient (Wildman–Crippen LogP) is 4.23. The van der Waals surface area contributed by atoms with Crippen molar-refractivity contribution >= 4 is 34.8 Å². The van der Waals surface area contributed by atoms with Crippen LogP contribution in [0.3, 0.4) is 0 Å². The van der Waals surface area contributed by atoms with Crippen LogP contribution >= 0.6 is 11.6 Å². The molecule has 0 unspecified atom stereocenters. The van der Waals surface area contributed by atoms with Crippen molar-refractivity contribution in [2.75, 3.05) is 11.9 Å². The van der Waals surface area contributed by atoms with Crippen molar-refractivity contribution in [3.8, 4) is 0 Å². The maximum atomic E-state index is 13.1. The molecule has 31 heavy (non-hydrogen) atoms. The second kappa shape index (κ2) is 9.14. The van der Waals surface area contributed by atoms with Gasteiger partial charge in [-0.05, 0) is 30.2 Å². The Morgan fingerprint density at radius 2 is 1.77 bits per heavy atom. The minimum Gasteiger partial charge on any atom is -0.327 e. The molecule has 0 radical (unpaired) electrons. The number of benzene rings is 3. The lowest BCUT2D eigenvalue weighted by Gasteiger charge is -2.20. The highest BCUT2D eigenvalue weighted by molar-refractivity contribution is 6.30. The summed E-state index contributed by atoms with van der Waals surface area (Å²) >= 11 is 6.02. The fourth-order valence-corrected chi connectivity index (χ4v) is 3.83. The molecule has 0 bridgehead atoms. The normalized spacial score (nSPS) is 15.7. The number of likely N-dealkylation sites (N-methyl/N-ethyl adjacent to an activating group) is 1. The van der Waals surface area contributed by atoms with E-state index in [4.69, 9.17) is 16.6 Å². The van der Waals surface area contributed by atoms with Gasteiger partial charge in [0, 0.05) is 29.6 Å². The van der Waals surface area contributed by atoms with Crippen molar-refractivity contribution in [3.05, 3.63) is 101 Å². The molecule has 2 amide bonds. The van der Waals surface area contributed by atoms with Crippen LogP contribution in [-0.2, 0) is 16.0 Å². The molecular formula is C25H22ClN3O2. The molecule has 5 nitrogen and oxygen atoms in total. The Morgan fingerprint density at radius 1 is 1.03 bits per heavy atom. The third-order valence-corrected chi connectivity index (χ3v) is 5.45. The molecule has 1 heterocycles. The zero-order chi connectivity index (χ0) is 21.8. The molecule has 1 aliphatic rings. The Morgan fingerprint density at radius 3 is 2.55 bits per heavy atom. The van der Waals surface area contributed by atoms with E-state index in [9.17, 15) is 9.59 Å². The van der Waals surface area contributed by atoms with E-state index >= 15 is 0 Å². The minimum atomic E-state index is -1.00. The molecule has 0 aromatic heterocycles. The van der Waals surface area contributed by atoms with Gasteiger partial charge in [0.1, 0.15) is 0 Å². The topological polar surface area (TPSA) is 61.8 Å². The lowest BCUT2D eigenvalue weighted by atomic mass is 10.0. The van der Waals surface area contributed by atoms with Crippen LogP contribution in [0.4, 0.5) is 5.69 Å². The Kier molecular flexibility index (Phi) is 6.14. The van der Waals surface area contributed by atoms with Gasteiger partial charge in [-0.3, -0.25) is 9.59 Å². The number of rotatable bonds is 5. The number of halogens is 1. The maximum Gasteiger partial charge on any atom is 0.272 e. The first-order valence-electron chi connectivity index (χ1n) is 10.1. The molecule has 4 rings (SSSR count). The molecule has 1 N–H and O–H groups in total. The number of nitrogens with zero attached hydrogens (tertiary/aromatic N) is 2. The Balaban J connectivity index is 1.61. The number of fused-ring (bicyclic) bond motifs is 1. The average Bonchev–Trinajstić information content (AvgIpc) is 2.89. The summed E-state index contributed by atoms with van der Waals surface area (Å²) in [5.41, 5.74) is 4.13. The van der Waals surface area contributed by atoms with E-state index in [1.54, 1.807) is 18.0 Å². The van der Waals surface area contributed by atoms with Crippen molar-refractivity contribution in [1.82, 2.24) is 5.32 Å². The highest BCUT2D eigenvalue weighted by Crippen LogP contribution is 2.27. The highest BCUT2D eigenvalue weighted by atomic mass is 35.5. The van der Waals surface area contributed by atoms with Crippen LogP contribution in [0.1, 0.15) is 23.1 Å². The summed E-state index contributed by atoms with van der Waals surface area (Å²) in [6.07, 6.45) is -0.241.